The number of hydrogen-bond donors (Lipinski definition) is 2. The standard InChI is InChI=1S/C14H27N3O/c1-4-15-13(16-8-11-5-6-18-10-11)17-9-12-7-14(12,2)3/h11-12H,4-10H2,1-3H3,(H2,15,16,17). The number of nitrogens with zero attached hydrogens (tertiary/aromatic N) is 1. The van der Waals surface area contributed by atoms with Gasteiger partial charge in [-0.3, -0.25) is 4.99 Å². The zero-order valence-electron chi connectivity index (χ0n) is 12.0. The van der Waals surface area contributed by atoms with Gasteiger partial charge in [0.05, 0.1) is 6.61 Å². The molecule has 0 aromatic heterocycles. The summed E-state index contributed by atoms with van der Waals surface area (Å²) >= 11 is 0. The largest absolute Gasteiger partial charge is 0.381 e. The molecule has 2 N–H and O–H groups in total. The van der Waals surface area contributed by atoms with Crippen LogP contribution in [-0.2, 0) is 4.74 Å². The van der Waals surface area contributed by atoms with Gasteiger partial charge in [0, 0.05) is 32.2 Å². The first-order valence-electron chi connectivity index (χ1n) is 7.21. The van der Waals surface area contributed by atoms with Gasteiger partial charge in [0.1, 0.15) is 0 Å². The van der Waals surface area contributed by atoms with Crippen LogP contribution in [0.3, 0.4) is 0 Å². The van der Waals surface area contributed by atoms with E-state index >= 15 is 0 Å². The highest BCUT2D eigenvalue weighted by atomic mass is 16.5. The zero-order valence-corrected chi connectivity index (χ0v) is 12.0. The molecular weight excluding hydrogens is 226 g/mol. The summed E-state index contributed by atoms with van der Waals surface area (Å²) in [6.45, 7) is 11.4. The van der Waals surface area contributed by atoms with Crippen LogP contribution < -0.4 is 10.6 Å². The smallest absolute Gasteiger partial charge is 0.191 e. The summed E-state index contributed by atoms with van der Waals surface area (Å²) in [5.41, 5.74) is 0.531. The van der Waals surface area contributed by atoms with E-state index in [0.29, 0.717) is 11.3 Å². The molecule has 2 unspecified atom stereocenters. The normalized spacial score (nSPS) is 30.3. The van der Waals surface area contributed by atoms with Crippen LogP contribution in [0, 0.1) is 17.3 Å². The van der Waals surface area contributed by atoms with Crippen molar-refractivity contribution < 1.29 is 4.74 Å². The Balaban J connectivity index is 1.73. The molecule has 2 fully saturated rings. The van der Waals surface area contributed by atoms with E-state index in [4.69, 9.17) is 4.74 Å². The fourth-order valence-corrected chi connectivity index (χ4v) is 2.43. The van der Waals surface area contributed by atoms with Crippen LogP contribution >= 0.6 is 0 Å². The molecule has 0 bridgehead atoms. The molecule has 4 nitrogen and oxygen atoms in total. The van der Waals surface area contributed by atoms with Gasteiger partial charge < -0.3 is 15.4 Å². The molecule has 0 radical (unpaired) electrons. The Morgan fingerprint density at radius 3 is 2.72 bits per heavy atom. The quantitative estimate of drug-likeness (QED) is 0.578. The monoisotopic (exact) mass is 253 g/mol. The van der Waals surface area contributed by atoms with E-state index in [0.717, 1.165) is 51.1 Å². The maximum absolute atomic E-state index is 5.37. The van der Waals surface area contributed by atoms with Crippen molar-refractivity contribution >= 4 is 5.96 Å². The van der Waals surface area contributed by atoms with Crippen LogP contribution in [0.4, 0.5) is 0 Å². The predicted molar refractivity (Wildman–Crippen MR) is 74.8 cm³/mol. The van der Waals surface area contributed by atoms with Gasteiger partial charge in [-0.2, -0.15) is 0 Å². The first kappa shape index (κ1) is 13.7. The second kappa shape index (κ2) is 5.91. The second-order valence-electron chi connectivity index (χ2n) is 6.22. The lowest BCUT2D eigenvalue weighted by molar-refractivity contribution is 0.187. The number of ether oxygens (including phenoxy) is 1. The number of rotatable bonds is 5. The summed E-state index contributed by atoms with van der Waals surface area (Å²) < 4.78 is 5.37. The first-order chi connectivity index (χ1) is 8.62. The molecule has 18 heavy (non-hydrogen) atoms. The van der Waals surface area contributed by atoms with E-state index in [1.165, 1.54) is 6.42 Å². The topological polar surface area (TPSA) is 45.7 Å². The van der Waals surface area contributed by atoms with Gasteiger partial charge in [-0.05, 0) is 31.1 Å². The maximum Gasteiger partial charge on any atom is 0.191 e. The summed E-state index contributed by atoms with van der Waals surface area (Å²) in [6.07, 6.45) is 2.48. The highest BCUT2D eigenvalue weighted by Crippen LogP contribution is 2.50. The van der Waals surface area contributed by atoms with Gasteiger partial charge in [-0.1, -0.05) is 13.8 Å². The number of guanidine groups is 1. The van der Waals surface area contributed by atoms with Crippen molar-refractivity contribution in [1.82, 2.24) is 10.6 Å². The molecule has 1 saturated heterocycles. The van der Waals surface area contributed by atoms with Crippen molar-refractivity contribution in [2.75, 3.05) is 32.8 Å². The minimum absolute atomic E-state index is 0.531. The maximum atomic E-state index is 5.37. The van der Waals surface area contributed by atoms with Crippen LogP contribution in [-0.4, -0.2) is 38.8 Å². The Bertz CT molecular complexity index is 295. The third-order valence-corrected chi connectivity index (χ3v) is 4.11. The molecule has 1 saturated carbocycles. The van der Waals surface area contributed by atoms with Crippen molar-refractivity contribution in [3.05, 3.63) is 0 Å². The predicted octanol–water partition coefficient (Wildman–Crippen LogP) is 1.62. The highest BCUT2D eigenvalue weighted by molar-refractivity contribution is 5.79. The van der Waals surface area contributed by atoms with Gasteiger partial charge in [-0.25, -0.2) is 0 Å². The molecule has 4 heteroatoms. The minimum atomic E-state index is 0.531. The van der Waals surface area contributed by atoms with Crippen molar-refractivity contribution in [1.29, 1.82) is 0 Å². The number of nitrogens with one attached hydrogen (secondary N) is 2. The van der Waals surface area contributed by atoms with Crippen molar-refractivity contribution in [3.63, 3.8) is 0 Å². The van der Waals surface area contributed by atoms with E-state index in [9.17, 15) is 0 Å². The SMILES string of the molecule is CCNC(=NCC1CCOC1)NCC1CC1(C)C. The molecule has 2 rings (SSSR count). The van der Waals surface area contributed by atoms with Gasteiger partial charge in [0.15, 0.2) is 5.96 Å². The third-order valence-electron chi connectivity index (χ3n) is 4.11. The van der Waals surface area contributed by atoms with E-state index in [1.54, 1.807) is 0 Å². The highest BCUT2D eigenvalue weighted by Gasteiger charge is 2.45. The molecule has 0 spiro atoms. The lowest BCUT2D eigenvalue weighted by Crippen LogP contribution is -2.39. The molecule has 0 aromatic carbocycles. The van der Waals surface area contributed by atoms with E-state index < -0.39 is 0 Å². The fourth-order valence-electron chi connectivity index (χ4n) is 2.43. The summed E-state index contributed by atoms with van der Waals surface area (Å²) in [4.78, 5) is 4.66. The molecule has 1 heterocycles. The first-order valence-corrected chi connectivity index (χ1v) is 7.21. The second-order valence-corrected chi connectivity index (χ2v) is 6.22. The van der Waals surface area contributed by atoms with Crippen LogP contribution in [0.25, 0.3) is 0 Å². The fraction of sp³-hybridized carbons (Fsp3) is 0.929. The summed E-state index contributed by atoms with van der Waals surface area (Å²) in [7, 11) is 0. The summed E-state index contributed by atoms with van der Waals surface area (Å²) in [6, 6.07) is 0. The van der Waals surface area contributed by atoms with Crippen LogP contribution in [0.15, 0.2) is 4.99 Å². The van der Waals surface area contributed by atoms with E-state index in [1.807, 2.05) is 0 Å². The molecule has 0 amide bonds. The Hall–Kier alpha value is -0.770. The summed E-state index contributed by atoms with van der Waals surface area (Å²) in [5.74, 6) is 2.38. The third kappa shape index (κ3) is 3.87. The van der Waals surface area contributed by atoms with Gasteiger partial charge in [-0.15, -0.1) is 0 Å². The lowest BCUT2D eigenvalue weighted by atomic mass is 10.1. The van der Waals surface area contributed by atoms with Gasteiger partial charge >= 0.3 is 0 Å². The number of aliphatic imine (C=N–C) groups is 1. The summed E-state index contributed by atoms with van der Waals surface area (Å²) in [5, 5.41) is 6.78. The average Bonchev–Trinajstić information content (AvgIpc) is 2.77. The molecule has 1 aliphatic carbocycles. The minimum Gasteiger partial charge on any atom is -0.381 e. The van der Waals surface area contributed by atoms with E-state index in [2.05, 4.69) is 36.4 Å². The average molecular weight is 253 g/mol. The van der Waals surface area contributed by atoms with Crippen molar-refractivity contribution in [2.24, 2.45) is 22.2 Å². The Kier molecular flexibility index (Phi) is 4.49. The zero-order chi connectivity index (χ0) is 13.0. The molecule has 1 aliphatic heterocycles. The van der Waals surface area contributed by atoms with Crippen LogP contribution in [0.2, 0.25) is 0 Å². The number of hydrogen-bond acceptors (Lipinski definition) is 2. The molecule has 0 aromatic rings. The molecule has 2 aliphatic rings. The molecular formula is C14H27N3O. The van der Waals surface area contributed by atoms with Crippen molar-refractivity contribution in [2.45, 2.75) is 33.6 Å². The van der Waals surface area contributed by atoms with E-state index in [-0.39, 0.29) is 0 Å². The van der Waals surface area contributed by atoms with Gasteiger partial charge in [0.25, 0.3) is 0 Å². The molecule has 104 valence electrons. The lowest BCUT2D eigenvalue weighted by Gasteiger charge is -2.13. The van der Waals surface area contributed by atoms with Gasteiger partial charge in [0.2, 0.25) is 0 Å². The Labute approximate surface area is 111 Å². The molecule has 2 atom stereocenters. The Morgan fingerprint density at radius 1 is 1.39 bits per heavy atom. The van der Waals surface area contributed by atoms with Crippen molar-refractivity contribution in [3.8, 4) is 0 Å². The van der Waals surface area contributed by atoms with Crippen LogP contribution in [0.5, 0.6) is 0 Å². The Morgan fingerprint density at radius 2 is 2.17 bits per heavy atom. The van der Waals surface area contributed by atoms with Crippen LogP contribution in [0.1, 0.15) is 33.6 Å².